The minimum absolute atomic E-state index is 0.154. The van der Waals surface area contributed by atoms with Crippen molar-refractivity contribution in [3.8, 4) is 5.69 Å². The van der Waals surface area contributed by atoms with Gasteiger partial charge in [-0.05, 0) is 12.1 Å². The van der Waals surface area contributed by atoms with Gasteiger partial charge in [0.25, 0.3) is 5.56 Å². The van der Waals surface area contributed by atoms with Crippen LogP contribution >= 0.6 is 11.8 Å². The van der Waals surface area contributed by atoms with Gasteiger partial charge in [0.1, 0.15) is 5.39 Å². The molecule has 0 saturated carbocycles. The molecule has 2 N–H and O–H groups in total. The Labute approximate surface area is 141 Å². The van der Waals surface area contributed by atoms with Gasteiger partial charge < -0.3 is 10.3 Å². The topological polar surface area (TPSA) is 92.7 Å². The van der Waals surface area contributed by atoms with Gasteiger partial charge in [-0.1, -0.05) is 36.0 Å². The number of hydrogen-bond acceptors (Lipinski definition) is 5. The minimum Gasteiger partial charge on any atom is -0.352 e. The van der Waals surface area contributed by atoms with Gasteiger partial charge in [-0.2, -0.15) is 5.10 Å². The van der Waals surface area contributed by atoms with Crippen LogP contribution in [-0.2, 0) is 4.79 Å². The molecule has 3 rings (SSSR count). The maximum Gasteiger partial charge on any atom is 0.262 e. The highest BCUT2D eigenvalue weighted by atomic mass is 32.2. The van der Waals surface area contributed by atoms with Crippen LogP contribution in [0.3, 0.4) is 0 Å². The second kappa shape index (κ2) is 7.14. The lowest BCUT2D eigenvalue weighted by atomic mass is 10.3. The molecule has 0 atom stereocenters. The van der Waals surface area contributed by atoms with E-state index in [9.17, 15) is 9.59 Å². The average Bonchev–Trinajstić information content (AvgIpc) is 3.03. The van der Waals surface area contributed by atoms with Crippen LogP contribution in [0.25, 0.3) is 16.7 Å². The number of carbonyl (C=O) groups is 1. The third-order valence-electron chi connectivity index (χ3n) is 3.20. The lowest BCUT2D eigenvalue weighted by molar-refractivity contribution is -0.118. The highest BCUT2D eigenvalue weighted by Crippen LogP contribution is 2.17. The van der Waals surface area contributed by atoms with E-state index in [1.165, 1.54) is 6.20 Å². The maximum absolute atomic E-state index is 12.2. The Morgan fingerprint density at radius 1 is 1.38 bits per heavy atom. The molecule has 3 aromatic rings. The Bertz CT molecular complexity index is 933. The average molecular weight is 341 g/mol. The third-order valence-corrected chi connectivity index (χ3v) is 4.07. The van der Waals surface area contributed by atoms with Crippen molar-refractivity contribution < 1.29 is 4.79 Å². The Morgan fingerprint density at radius 3 is 2.92 bits per heavy atom. The van der Waals surface area contributed by atoms with Crippen molar-refractivity contribution in [1.82, 2.24) is 25.1 Å². The largest absolute Gasteiger partial charge is 0.352 e. The fourth-order valence-electron chi connectivity index (χ4n) is 2.10. The van der Waals surface area contributed by atoms with Gasteiger partial charge in [-0.15, -0.1) is 6.58 Å². The van der Waals surface area contributed by atoms with Crippen LogP contribution in [0.4, 0.5) is 0 Å². The van der Waals surface area contributed by atoms with Crippen molar-refractivity contribution in [2.45, 2.75) is 5.16 Å². The summed E-state index contributed by atoms with van der Waals surface area (Å²) in [5.41, 5.74) is 0.986. The molecular formula is C16H15N5O2S. The molecule has 2 heterocycles. The number of thioether (sulfide) groups is 1. The van der Waals surface area contributed by atoms with E-state index >= 15 is 0 Å². The Kier molecular flexibility index (Phi) is 4.76. The summed E-state index contributed by atoms with van der Waals surface area (Å²) in [6.45, 7) is 3.94. The molecule has 0 saturated heterocycles. The zero-order valence-electron chi connectivity index (χ0n) is 12.7. The number of carbonyl (C=O) groups excluding carboxylic acids is 1. The molecule has 24 heavy (non-hydrogen) atoms. The number of aromatic nitrogens is 4. The highest BCUT2D eigenvalue weighted by Gasteiger charge is 2.12. The Morgan fingerprint density at radius 2 is 2.17 bits per heavy atom. The van der Waals surface area contributed by atoms with Crippen molar-refractivity contribution in [3.05, 3.63) is 59.5 Å². The summed E-state index contributed by atoms with van der Waals surface area (Å²) >= 11 is 1.16. The van der Waals surface area contributed by atoms with Gasteiger partial charge in [0.05, 0.1) is 17.6 Å². The summed E-state index contributed by atoms with van der Waals surface area (Å²) in [7, 11) is 0. The quantitative estimate of drug-likeness (QED) is 0.403. The van der Waals surface area contributed by atoms with E-state index < -0.39 is 0 Å². The van der Waals surface area contributed by atoms with Crippen LogP contribution in [0.2, 0.25) is 0 Å². The Hall–Kier alpha value is -2.87. The van der Waals surface area contributed by atoms with Crippen LogP contribution in [0.15, 0.2) is 59.1 Å². The number of aromatic amines is 1. The smallest absolute Gasteiger partial charge is 0.262 e. The van der Waals surface area contributed by atoms with Crippen molar-refractivity contribution in [2.24, 2.45) is 0 Å². The van der Waals surface area contributed by atoms with E-state index in [0.29, 0.717) is 22.7 Å². The fourth-order valence-corrected chi connectivity index (χ4v) is 2.78. The number of amides is 1. The normalized spacial score (nSPS) is 10.7. The minimum atomic E-state index is -0.281. The zero-order valence-corrected chi connectivity index (χ0v) is 13.5. The molecule has 0 aliphatic rings. The van der Waals surface area contributed by atoms with Gasteiger partial charge in [-0.3, -0.25) is 9.59 Å². The van der Waals surface area contributed by atoms with E-state index in [1.807, 2.05) is 30.3 Å². The van der Waals surface area contributed by atoms with E-state index in [4.69, 9.17) is 0 Å². The fraction of sp³-hybridized carbons (Fsp3) is 0.125. The molecular weight excluding hydrogens is 326 g/mol. The second-order valence-electron chi connectivity index (χ2n) is 4.88. The van der Waals surface area contributed by atoms with E-state index in [1.54, 1.807) is 10.8 Å². The van der Waals surface area contributed by atoms with Crippen molar-refractivity contribution in [1.29, 1.82) is 0 Å². The van der Waals surface area contributed by atoms with Gasteiger partial charge in [0, 0.05) is 6.54 Å². The molecule has 1 amide bonds. The number of benzene rings is 1. The molecule has 0 spiro atoms. The number of rotatable bonds is 6. The number of hydrogen-bond donors (Lipinski definition) is 2. The molecule has 7 nitrogen and oxygen atoms in total. The van der Waals surface area contributed by atoms with E-state index in [0.717, 1.165) is 17.4 Å². The maximum atomic E-state index is 12.2. The summed E-state index contributed by atoms with van der Waals surface area (Å²) in [6, 6.07) is 9.43. The third kappa shape index (κ3) is 3.38. The number of H-pyrrole nitrogens is 1. The summed E-state index contributed by atoms with van der Waals surface area (Å²) in [5.74, 6) is 0.00102. The van der Waals surface area contributed by atoms with Gasteiger partial charge in [-0.25, -0.2) is 9.67 Å². The summed E-state index contributed by atoms with van der Waals surface area (Å²) in [6.07, 6.45) is 3.09. The first-order valence-electron chi connectivity index (χ1n) is 7.23. The van der Waals surface area contributed by atoms with Gasteiger partial charge in [0.15, 0.2) is 10.8 Å². The van der Waals surface area contributed by atoms with Crippen LogP contribution in [0.1, 0.15) is 0 Å². The van der Waals surface area contributed by atoms with Gasteiger partial charge >= 0.3 is 0 Å². The van der Waals surface area contributed by atoms with Crippen molar-refractivity contribution >= 4 is 28.7 Å². The number of para-hydroxylation sites is 1. The van der Waals surface area contributed by atoms with E-state index in [2.05, 4.69) is 27.0 Å². The molecule has 0 radical (unpaired) electrons. The molecule has 0 aliphatic carbocycles. The molecule has 0 aliphatic heterocycles. The summed E-state index contributed by atoms with van der Waals surface area (Å²) < 4.78 is 1.60. The van der Waals surface area contributed by atoms with Crippen molar-refractivity contribution in [3.63, 3.8) is 0 Å². The molecule has 8 heteroatoms. The molecule has 0 unspecified atom stereocenters. The number of fused-ring (bicyclic) bond motifs is 1. The monoisotopic (exact) mass is 341 g/mol. The lowest BCUT2D eigenvalue weighted by Gasteiger charge is -2.04. The molecule has 122 valence electrons. The highest BCUT2D eigenvalue weighted by molar-refractivity contribution is 7.99. The SMILES string of the molecule is C=CCNC(=O)CSc1nc2c(cnn2-c2ccccc2)c(=O)[nH]1. The zero-order chi connectivity index (χ0) is 16.9. The first-order chi connectivity index (χ1) is 11.7. The standard InChI is InChI=1S/C16H15N5O2S/c1-2-8-17-13(22)10-24-16-19-14-12(15(23)20-16)9-18-21(14)11-6-4-3-5-7-11/h2-7,9H,1,8,10H2,(H,17,22)(H,19,20,23). The van der Waals surface area contributed by atoms with Crippen LogP contribution in [0, 0.1) is 0 Å². The van der Waals surface area contributed by atoms with E-state index in [-0.39, 0.29) is 17.2 Å². The predicted octanol–water partition coefficient (Wildman–Crippen LogP) is 1.50. The predicted molar refractivity (Wildman–Crippen MR) is 93.4 cm³/mol. The molecule has 0 fully saturated rings. The second-order valence-corrected chi connectivity index (χ2v) is 5.85. The van der Waals surface area contributed by atoms with Crippen molar-refractivity contribution in [2.75, 3.05) is 12.3 Å². The lowest BCUT2D eigenvalue weighted by Crippen LogP contribution is -2.25. The van der Waals surface area contributed by atoms with Crippen LogP contribution in [-0.4, -0.2) is 38.0 Å². The Balaban J connectivity index is 1.90. The van der Waals surface area contributed by atoms with Gasteiger partial charge in [0.2, 0.25) is 5.91 Å². The molecule has 1 aromatic carbocycles. The summed E-state index contributed by atoms with van der Waals surface area (Å²) in [4.78, 5) is 30.9. The first-order valence-corrected chi connectivity index (χ1v) is 8.21. The summed E-state index contributed by atoms with van der Waals surface area (Å²) in [5, 5.41) is 7.69. The molecule has 2 aromatic heterocycles. The van der Waals surface area contributed by atoms with Crippen LogP contribution in [0.5, 0.6) is 0 Å². The number of nitrogens with one attached hydrogen (secondary N) is 2. The number of nitrogens with zero attached hydrogens (tertiary/aromatic N) is 3. The first kappa shape index (κ1) is 16.0. The molecule has 0 bridgehead atoms. The van der Waals surface area contributed by atoms with Crippen LogP contribution < -0.4 is 10.9 Å².